The number of hydrogen-bond donors (Lipinski definition) is 2. The first-order valence-corrected chi connectivity index (χ1v) is 9.04. The molecule has 0 radical (unpaired) electrons. The number of carbonyl (C=O) groups is 1. The molecular formula is C14H14ClNO4S2. The highest BCUT2D eigenvalue weighted by Crippen LogP contribution is 2.32. The van der Waals surface area contributed by atoms with Gasteiger partial charge in [0, 0.05) is 12.3 Å². The van der Waals surface area contributed by atoms with Gasteiger partial charge >= 0.3 is 0 Å². The third-order valence-electron chi connectivity index (χ3n) is 2.90. The van der Waals surface area contributed by atoms with E-state index < -0.39 is 10.0 Å². The number of rotatable bonds is 6. The Morgan fingerprint density at radius 2 is 1.95 bits per heavy atom. The van der Waals surface area contributed by atoms with Crippen molar-refractivity contribution >= 4 is 44.4 Å². The lowest BCUT2D eigenvalue weighted by molar-refractivity contribution is 0.101. The summed E-state index contributed by atoms with van der Waals surface area (Å²) in [4.78, 5) is 11.5. The largest absolute Gasteiger partial charge is 0.396 e. The number of aliphatic hydroxyl groups excluding tert-OH is 1. The highest BCUT2D eigenvalue weighted by Gasteiger charge is 2.24. The molecule has 8 heteroatoms. The molecule has 0 aliphatic heterocycles. The van der Waals surface area contributed by atoms with Crippen LogP contribution in [0.5, 0.6) is 0 Å². The number of benzene rings is 1. The fraction of sp³-hybridized carbons (Fsp3) is 0.214. The molecule has 1 heterocycles. The highest BCUT2D eigenvalue weighted by molar-refractivity contribution is 7.94. The first-order chi connectivity index (χ1) is 10.3. The molecule has 22 heavy (non-hydrogen) atoms. The van der Waals surface area contributed by atoms with Crippen molar-refractivity contribution in [3.05, 3.63) is 45.8 Å². The van der Waals surface area contributed by atoms with E-state index in [0.29, 0.717) is 12.1 Å². The molecule has 0 aliphatic carbocycles. The summed E-state index contributed by atoms with van der Waals surface area (Å²) in [5.41, 5.74) is 1.36. The van der Waals surface area contributed by atoms with Crippen molar-refractivity contribution in [2.45, 2.75) is 17.6 Å². The number of carbonyl (C=O) groups excluding carboxylic acids is 1. The number of sulfonamides is 1. The second-order valence-electron chi connectivity index (χ2n) is 4.58. The van der Waals surface area contributed by atoms with Crippen LogP contribution in [0.1, 0.15) is 22.8 Å². The lowest BCUT2D eigenvalue weighted by atomic mass is 10.1. The quantitative estimate of drug-likeness (QED) is 0.777. The van der Waals surface area contributed by atoms with E-state index in [1.165, 1.54) is 13.0 Å². The topological polar surface area (TPSA) is 83.5 Å². The van der Waals surface area contributed by atoms with Gasteiger partial charge < -0.3 is 5.11 Å². The van der Waals surface area contributed by atoms with Crippen LogP contribution in [0.25, 0.3) is 0 Å². The minimum absolute atomic E-state index is 0.0285. The maximum absolute atomic E-state index is 12.4. The average molecular weight is 360 g/mol. The van der Waals surface area contributed by atoms with Crippen LogP contribution in [0.2, 0.25) is 4.34 Å². The molecule has 0 saturated heterocycles. The van der Waals surface area contributed by atoms with Gasteiger partial charge in [-0.05, 0) is 37.1 Å². The molecule has 118 valence electrons. The Bertz CT molecular complexity index is 782. The Morgan fingerprint density at radius 3 is 2.50 bits per heavy atom. The van der Waals surface area contributed by atoms with Crippen LogP contribution in [0.3, 0.4) is 0 Å². The Morgan fingerprint density at radius 1 is 1.32 bits per heavy atom. The summed E-state index contributed by atoms with van der Waals surface area (Å²) in [5.74, 6) is -0.359. The lowest BCUT2D eigenvalue weighted by Crippen LogP contribution is -2.14. The Hall–Kier alpha value is -1.41. The Kier molecular flexibility index (Phi) is 5.23. The zero-order valence-electron chi connectivity index (χ0n) is 11.7. The predicted molar refractivity (Wildman–Crippen MR) is 87.4 cm³/mol. The van der Waals surface area contributed by atoms with Gasteiger partial charge in [0.15, 0.2) is 9.99 Å². The lowest BCUT2D eigenvalue weighted by Gasteiger charge is -2.08. The molecule has 1 aromatic carbocycles. The highest BCUT2D eigenvalue weighted by atomic mass is 35.5. The second kappa shape index (κ2) is 6.78. The number of thiophene rings is 1. The van der Waals surface area contributed by atoms with E-state index in [9.17, 15) is 13.2 Å². The van der Waals surface area contributed by atoms with Gasteiger partial charge in [-0.2, -0.15) is 0 Å². The molecule has 0 aliphatic rings. The molecular weight excluding hydrogens is 346 g/mol. The standard InChI is InChI=1S/C14H14ClNO4S2/c1-9(18)12-8-13(15)21-14(12)22(19,20)16-11-4-2-10(3-5-11)6-7-17/h2-5,8,16-17H,6-7H2,1H3. The third kappa shape index (κ3) is 3.86. The Balaban J connectivity index is 2.30. The minimum atomic E-state index is -3.88. The molecule has 2 rings (SSSR count). The molecule has 0 fully saturated rings. The number of hydrogen-bond acceptors (Lipinski definition) is 5. The number of anilines is 1. The minimum Gasteiger partial charge on any atom is -0.396 e. The summed E-state index contributed by atoms with van der Waals surface area (Å²) < 4.78 is 27.4. The molecule has 2 aromatic rings. The number of nitrogens with one attached hydrogen (secondary N) is 1. The normalized spacial score (nSPS) is 11.4. The summed E-state index contributed by atoms with van der Waals surface area (Å²) in [6.07, 6.45) is 0.502. The van der Waals surface area contributed by atoms with E-state index in [1.807, 2.05) is 0 Å². The van der Waals surface area contributed by atoms with Gasteiger partial charge in [0.05, 0.1) is 9.90 Å². The maximum atomic E-state index is 12.4. The van der Waals surface area contributed by atoms with Crippen molar-refractivity contribution in [2.75, 3.05) is 11.3 Å². The molecule has 5 nitrogen and oxygen atoms in total. The number of halogens is 1. The molecule has 0 spiro atoms. The summed E-state index contributed by atoms with van der Waals surface area (Å²) in [7, 11) is -3.88. The molecule has 1 aromatic heterocycles. The summed E-state index contributed by atoms with van der Waals surface area (Å²) >= 11 is 6.67. The fourth-order valence-corrected chi connectivity index (χ4v) is 4.87. The first-order valence-electron chi connectivity index (χ1n) is 6.36. The van der Waals surface area contributed by atoms with Gasteiger partial charge in [0.25, 0.3) is 10.0 Å². The SMILES string of the molecule is CC(=O)c1cc(Cl)sc1S(=O)(=O)Nc1ccc(CCO)cc1. The summed E-state index contributed by atoms with van der Waals surface area (Å²) in [6, 6.07) is 8.01. The molecule has 0 amide bonds. The van der Waals surface area contributed by atoms with Gasteiger partial charge in [-0.1, -0.05) is 23.7 Å². The van der Waals surface area contributed by atoms with Crippen molar-refractivity contribution in [3.63, 3.8) is 0 Å². The maximum Gasteiger partial charge on any atom is 0.272 e. The van der Waals surface area contributed by atoms with Crippen LogP contribution in [0, 0.1) is 0 Å². The van der Waals surface area contributed by atoms with Gasteiger partial charge in [-0.3, -0.25) is 9.52 Å². The van der Waals surface area contributed by atoms with E-state index in [4.69, 9.17) is 16.7 Å². The molecule has 0 bridgehead atoms. The molecule has 0 saturated carbocycles. The van der Waals surface area contributed by atoms with Crippen molar-refractivity contribution in [3.8, 4) is 0 Å². The van der Waals surface area contributed by atoms with Crippen LogP contribution in [-0.4, -0.2) is 25.9 Å². The van der Waals surface area contributed by atoms with Crippen molar-refractivity contribution < 1.29 is 18.3 Å². The van der Waals surface area contributed by atoms with E-state index >= 15 is 0 Å². The van der Waals surface area contributed by atoms with E-state index in [0.717, 1.165) is 16.9 Å². The zero-order valence-corrected chi connectivity index (χ0v) is 14.1. The summed E-state index contributed by atoms with van der Waals surface area (Å²) in [5, 5.41) is 8.85. The van der Waals surface area contributed by atoms with Gasteiger partial charge in [-0.25, -0.2) is 8.42 Å². The first kappa shape index (κ1) is 17.0. The van der Waals surface area contributed by atoms with Crippen molar-refractivity contribution in [1.29, 1.82) is 0 Å². The number of ketones is 1. The van der Waals surface area contributed by atoms with Gasteiger partial charge in [0.2, 0.25) is 0 Å². The van der Waals surface area contributed by atoms with Crippen LogP contribution in [-0.2, 0) is 16.4 Å². The van der Waals surface area contributed by atoms with E-state index in [1.54, 1.807) is 24.3 Å². The monoisotopic (exact) mass is 359 g/mol. The van der Waals surface area contributed by atoms with E-state index in [2.05, 4.69) is 4.72 Å². The number of aliphatic hydroxyl groups is 1. The van der Waals surface area contributed by atoms with Crippen LogP contribution in [0.15, 0.2) is 34.5 Å². The predicted octanol–water partition coefficient (Wildman–Crippen LogP) is 2.94. The molecule has 0 atom stereocenters. The Labute approximate surface area is 137 Å². The van der Waals surface area contributed by atoms with Gasteiger partial charge in [-0.15, -0.1) is 11.3 Å². The average Bonchev–Trinajstić information content (AvgIpc) is 2.84. The fourth-order valence-electron chi connectivity index (χ4n) is 1.86. The summed E-state index contributed by atoms with van der Waals surface area (Å²) in [6.45, 7) is 1.32. The van der Waals surface area contributed by atoms with Gasteiger partial charge in [0.1, 0.15) is 0 Å². The van der Waals surface area contributed by atoms with Crippen molar-refractivity contribution in [1.82, 2.24) is 0 Å². The van der Waals surface area contributed by atoms with Crippen LogP contribution >= 0.6 is 22.9 Å². The van der Waals surface area contributed by atoms with Crippen LogP contribution in [0.4, 0.5) is 5.69 Å². The van der Waals surface area contributed by atoms with Crippen LogP contribution < -0.4 is 4.72 Å². The number of Topliss-reactive ketones (excluding diaryl/α,β-unsaturated/α-hetero) is 1. The third-order valence-corrected chi connectivity index (χ3v) is 6.08. The molecule has 2 N–H and O–H groups in total. The smallest absolute Gasteiger partial charge is 0.272 e. The second-order valence-corrected chi connectivity index (χ2v) is 8.15. The zero-order chi connectivity index (χ0) is 16.3. The molecule has 0 unspecified atom stereocenters. The van der Waals surface area contributed by atoms with E-state index in [-0.39, 0.29) is 26.5 Å². The van der Waals surface area contributed by atoms with Crippen molar-refractivity contribution in [2.24, 2.45) is 0 Å².